The molecule has 0 saturated carbocycles. The van der Waals surface area contributed by atoms with E-state index in [1.165, 1.54) is 0 Å². The number of benzene rings is 1. The van der Waals surface area contributed by atoms with Gasteiger partial charge in [0, 0.05) is 31.7 Å². The van der Waals surface area contributed by atoms with Crippen LogP contribution in [0.4, 0.5) is 0 Å². The number of piperazine rings is 1. The molecule has 1 aliphatic heterocycles. The van der Waals surface area contributed by atoms with Gasteiger partial charge in [-0.2, -0.15) is 11.8 Å². The Morgan fingerprint density at radius 1 is 1.23 bits per heavy atom. The Kier molecular flexibility index (Phi) is 8.45. The van der Waals surface area contributed by atoms with Crippen molar-refractivity contribution < 1.29 is 9.59 Å². The topological polar surface area (TPSA) is 52.6 Å². The van der Waals surface area contributed by atoms with Crippen molar-refractivity contribution in [1.29, 1.82) is 0 Å². The molecule has 0 unspecified atom stereocenters. The first-order valence-corrected chi connectivity index (χ1v) is 10.8. The lowest BCUT2D eigenvalue weighted by Gasteiger charge is -2.36. The van der Waals surface area contributed by atoms with Crippen LogP contribution in [-0.4, -0.2) is 72.4 Å². The number of amides is 2. The molecule has 1 atom stereocenters. The van der Waals surface area contributed by atoms with Crippen molar-refractivity contribution >= 4 is 23.6 Å². The molecule has 1 aliphatic rings. The summed E-state index contributed by atoms with van der Waals surface area (Å²) in [5.74, 6) is 0.731. The van der Waals surface area contributed by atoms with E-state index in [0.29, 0.717) is 12.0 Å². The first-order valence-electron chi connectivity index (χ1n) is 9.42. The normalized spacial score (nSPS) is 16.3. The van der Waals surface area contributed by atoms with Crippen LogP contribution in [0.1, 0.15) is 35.7 Å². The van der Waals surface area contributed by atoms with E-state index in [2.05, 4.69) is 17.1 Å². The van der Waals surface area contributed by atoms with Crippen molar-refractivity contribution in [2.24, 2.45) is 0 Å². The third-order valence-corrected chi connectivity index (χ3v) is 5.36. The number of nitrogens with zero attached hydrogens (tertiary/aromatic N) is 2. The molecular formula is C20H31N3O2S. The van der Waals surface area contributed by atoms with E-state index in [1.54, 1.807) is 17.8 Å². The molecule has 1 N–H and O–H groups in total. The fraction of sp³-hybridized carbons (Fsp3) is 0.600. The maximum atomic E-state index is 13.0. The van der Waals surface area contributed by atoms with Crippen LogP contribution >= 0.6 is 11.8 Å². The molecule has 2 amide bonds. The third kappa shape index (κ3) is 6.02. The van der Waals surface area contributed by atoms with Gasteiger partial charge in [0.25, 0.3) is 5.91 Å². The van der Waals surface area contributed by atoms with Gasteiger partial charge in [0.05, 0.1) is 0 Å². The molecule has 144 valence electrons. The van der Waals surface area contributed by atoms with Gasteiger partial charge < -0.3 is 10.2 Å². The molecule has 0 bridgehead atoms. The summed E-state index contributed by atoms with van der Waals surface area (Å²) in [6, 6.07) is 7.03. The molecule has 5 nitrogen and oxygen atoms in total. The predicted molar refractivity (Wildman–Crippen MR) is 109 cm³/mol. The highest BCUT2D eigenvalue weighted by molar-refractivity contribution is 7.98. The number of hydrogen-bond acceptors (Lipinski definition) is 4. The van der Waals surface area contributed by atoms with Crippen molar-refractivity contribution in [3.05, 3.63) is 35.4 Å². The summed E-state index contributed by atoms with van der Waals surface area (Å²) in [7, 11) is 0. The number of carbonyl (C=O) groups is 2. The van der Waals surface area contributed by atoms with Crippen LogP contribution in [0.3, 0.4) is 0 Å². The molecule has 26 heavy (non-hydrogen) atoms. The first kappa shape index (κ1) is 20.8. The van der Waals surface area contributed by atoms with Crippen LogP contribution in [0.15, 0.2) is 24.3 Å². The highest BCUT2D eigenvalue weighted by atomic mass is 32.2. The van der Waals surface area contributed by atoms with E-state index in [1.807, 2.05) is 36.3 Å². The van der Waals surface area contributed by atoms with Crippen LogP contribution in [-0.2, 0) is 4.79 Å². The summed E-state index contributed by atoms with van der Waals surface area (Å²) in [5.41, 5.74) is 1.65. The van der Waals surface area contributed by atoms with Crippen LogP contribution in [0.25, 0.3) is 0 Å². The summed E-state index contributed by atoms with van der Waals surface area (Å²) < 4.78 is 0. The summed E-state index contributed by atoms with van der Waals surface area (Å²) >= 11 is 1.70. The van der Waals surface area contributed by atoms with Crippen molar-refractivity contribution in [3.63, 3.8) is 0 Å². The van der Waals surface area contributed by atoms with E-state index in [9.17, 15) is 9.59 Å². The Labute approximate surface area is 161 Å². The summed E-state index contributed by atoms with van der Waals surface area (Å²) in [6.45, 7) is 8.55. The predicted octanol–water partition coefficient (Wildman–Crippen LogP) is 2.40. The van der Waals surface area contributed by atoms with Gasteiger partial charge >= 0.3 is 0 Å². The van der Waals surface area contributed by atoms with E-state index < -0.39 is 6.04 Å². The standard InChI is InChI=1S/C20H31N3O2S/c1-4-9-22-10-12-23(13-11-22)20(25)18(8-14-26-3)21-19(24)17-7-5-6-16(2)15-17/h5-7,15,18H,4,8-14H2,1-3H3,(H,21,24)/t18-/m1/s1. The second-order valence-corrected chi connectivity index (χ2v) is 7.83. The monoisotopic (exact) mass is 377 g/mol. The molecule has 6 heteroatoms. The molecule has 0 spiro atoms. The Hall–Kier alpha value is -1.53. The molecule has 0 aliphatic carbocycles. The van der Waals surface area contributed by atoms with Crippen molar-refractivity contribution in [2.45, 2.75) is 32.7 Å². The minimum atomic E-state index is -0.451. The highest BCUT2D eigenvalue weighted by Crippen LogP contribution is 2.11. The average molecular weight is 378 g/mol. The van der Waals surface area contributed by atoms with Gasteiger partial charge in [-0.05, 0) is 50.5 Å². The van der Waals surface area contributed by atoms with Gasteiger partial charge in [0.1, 0.15) is 6.04 Å². The molecule has 1 heterocycles. The fourth-order valence-corrected chi connectivity index (χ4v) is 3.72. The zero-order chi connectivity index (χ0) is 18.9. The number of nitrogens with one attached hydrogen (secondary N) is 1. The lowest BCUT2D eigenvalue weighted by atomic mass is 10.1. The number of aryl methyl sites for hydroxylation is 1. The van der Waals surface area contributed by atoms with Crippen LogP contribution < -0.4 is 5.32 Å². The molecule has 1 fully saturated rings. The molecule has 0 radical (unpaired) electrons. The van der Waals surface area contributed by atoms with Gasteiger partial charge in [-0.3, -0.25) is 14.5 Å². The van der Waals surface area contributed by atoms with Crippen LogP contribution in [0.2, 0.25) is 0 Å². The second-order valence-electron chi connectivity index (χ2n) is 6.84. The maximum absolute atomic E-state index is 13.0. The second kappa shape index (κ2) is 10.6. The van der Waals surface area contributed by atoms with Gasteiger partial charge in [0.2, 0.25) is 5.91 Å². The molecule has 2 rings (SSSR count). The number of carbonyl (C=O) groups excluding carboxylic acids is 2. The Morgan fingerprint density at radius 2 is 1.96 bits per heavy atom. The maximum Gasteiger partial charge on any atom is 0.251 e. The number of rotatable bonds is 8. The smallest absolute Gasteiger partial charge is 0.251 e. The van der Waals surface area contributed by atoms with Gasteiger partial charge in [-0.1, -0.05) is 24.6 Å². The van der Waals surface area contributed by atoms with Gasteiger partial charge in [0.15, 0.2) is 0 Å². The molecular weight excluding hydrogens is 346 g/mol. The first-order chi connectivity index (χ1) is 12.5. The molecule has 1 saturated heterocycles. The quantitative estimate of drug-likeness (QED) is 0.756. The van der Waals surface area contributed by atoms with Gasteiger partial charge in [-0.25, -0.2) is 0 Å². The van der Waals surface area contributed by atoms with E-state index in [-0.39, 0.29) is 11.8 Å². The van der Waals surface area contributed by atoms with Crippen LogP contribution in [0.5, 0.6) is 0 Å². The largest absolute Gasteiger partial charge is 0.340 e. The summed E-state index contributed by atoms with van der Waals surface area (Å²) in [6.07, 6.45) is 3.82. The van der Waals surface area contributed by atoms with Crippen LogP contribution in [0, 0.1) is 6.92 Å². The minimum Gasteiger partial charge on any atom is -0.340 e. The van der Waals surface area contributed by atoms with Crippen molar-refractivity contribution in [3.8, 4) is 0 Å². The molecule has 1 aromatic carbocycles. The van der Waals surface area contributed by atoms with E-state index in [0.717, 1.165) is 50.5 Å². The Balaban J connectivity index is 1.99. The average Bonchev–Trinajstić information content (AvgIpc) is 2.65. The Bertz CT molecular complexity index is 600. The SMILES string of the molecule is CCCN1CCN(C(=O)[C@@H](CCSC)NC(=O)c2cccc(C)c2)CC1. The molecule has 0 aromatic heterocycles. The van der Waals surface area contributed by atoms with Crippen molar-refractivity contribution in [1.82, 2.24) is 15.1 Å². The summed E-state index contributed by atoms with van der Waals surface area (Å²) in [5, 5.41) is 2.97. The lowest BCUT2D eigenvalue weighted by molar-refractivity contribution is -0.135. The number of hydrogen-bond donors (Lipinski definition) is 1. The summed E-state index contributed by atoms with van der Waals surface area (Å²) in [4.78, 5) is 29.9. The van der Waals surface area contributed by atoms with E-state index >= 15 is 0 Å². The minimum absolute atomic E-state index is 0.0520. The zero-order valence-corrected chi connectivity index (χ0v) is 17.0. The van der Waals surface area contributed by atoms with Gasteiger partial charge in [-0.15, -0.1) is 0 Å². The zero-order valence-electron chi connectivity index (χ0n) is 16.2. The van der Waals surface area contributed by atoms with Crippen molar-refractivity contribution in [2.75, 3.05) is 44.7 Å². The lowest BCUT2D eigenvalue weighted by Crippen LogP contribution is -2.55. The molecule has 1 aromatic rings. The number of thioether (sulfide) groups is 1. The third-order valence-electron chi connectivity index (χ3n) is 4.72. The van der Waals surface area contributed by atoms with E-state index in [4.69, 9.17) is 0 Å². The fourth-order valence-electron chi connectivity index (χ4n) is 3.25. The highest BCUT2D eigenvalue weighted by Gasteiger charge is 2.28. The Morgan fingerprint density at radius 3 is 2.58 bits per heavy atom.